The molecule has 0 aliphatic heterocycles. The lowest BCUT2D eigenvalue weighted by molar-refractivity contribution is -0.121. The first-order valence-electron chi connectivity index (χ1n) is 6.68. The largest absolute Gasteiger partial charge is 0.354 e. The third kappa shape index (κ3) is 12.4. The highest BCUT2D eigenvalue weighted by molar-refractivity contribution is 8.77. The van der Waals surface area contributed by atoms with E-state index in [9.17, 15) is 9.59 Å². The van der Waals surface area contributed by atoms with Crippen LogP contribution in [0.1, 0.15) is 50.3 Å². The van der Waals surface area contributed by atoms with E-state index in [0.29, 0.717) is 17.4 Å². The summed E-state index contributed by atoms with van der Waals surface area (Å²) in [5, 5.41) is 6.10. The molecule has 0 aromatic heterocycles. The van der Waals surface area contributed by atoms with Gasteiger partial charge in [0.05, 0.1) is 5.75 Å². The van der Waals surface area contributed by atoms with E-state index < -0.39 is 0 Å². The van der Waals surface area contributed by atoms with E-state index in [4.69, 9.17) is 0 Å². The van der Waals surface area contributed by atoms with Crippen molar-refractivity contribution in [2.45, 2.75) is 64.8 Å². The van der Waals surface area contributed by atoms with Crippen molar-refractivity contribution in [3.8, 4) is 0 Å². The lowest BCUT2D eigenvalue weighted by Gasteiger charge is -2.12. The van der Waals surface area contributed by atoms with Crippen LogP contribution in [-0.4, -0.2) is 34.9 Å². The van der Waals surface area contributed by atoms with Gasteiger partial charge in [-0.1, -0.05) is 28.5 Å². The van der Waals surface area contributed by atoms with Crippen LogP contribution in [0.5, 0.6) is 0 Å². The molecule has 0 aliphatic carbocycles. The average molecular weight is 311 g/mol. The lowest BCUT2D eigenvalue weighted by atomic mass is 10.2. The third-order valence-electron chi connectivity index (χ3n) is 2.10. The van der Waals surface area contributed by atoms with Gasteiger partial charge < -0.3 is 10.6 Å². The molecule has 0 rings (SSSR count). The maximum Gasteiger partial charge on any atom is 0.231 e. The van der Waals surface area contributed by atoms with E-state index in [2.05, 4.69) is 17.6 Å². The van der Waals surface area contributed by atoms with Gasteiger partial charge in [0, 0.05) is 26.6 Å². The van der Waals surface area contributed by atoms with Crippen molar-refractivity contribution in [3.05, 3.63) is 0 Å². The van der Waals surface area contributed by atoms with Gasteiger partial charge in [0.25, 0.3) is 0 Å². The standard InChI is InChI=1S/C13H26N2O2S2.2H2/c1-9(2)14-12(16)7-6-11(5)19-18-8-13(17)15-10(3)4;;/h9-11H,6-8H2,1-5H3,(H,14,16)(H,15,17);2*1H. The second-order valence-corrected chi connectivity index (χ2v) is 7.96. The highest BCUT2D eigenvalue weighted by Gasteiger charge is 2.10. The minimum absolute atomic E-state index is 0. The highest BCUT2D eigenvalue weighted by Crippen LogP contribution is 2.28. The number of carbonyl (C=O) groups is 2. The van der Waals surface area contributed by atoms with Crippen LogP contribution in [0.3, 0.4) is 0 Å². The molecule has 0 aromatic rings. The second-order valence-electron chi connectivity index (χ2n) is 5.15. The van der Waals surface area contributed by atoms with Crippen LogP contribution in [-0.2, 0) is 9.59 Å². The summed E-state index contributed by atoms with van der Waals surface area (Å²) in [5.41, 5.74) is 0. The predicted molar refractivity (Wildman–Crippen MR) is 89.5 cm³/mol. The summed E-state index contributed by atoms with van der Waals surface area (Å²) in [5.74, 6) is 0.632. The van der Waals surface area contributed by atoms with Crippen molar-refractivity contribution in [1.29, 1.82) is 0 Å². The van der Waals surface area contributed by atoms with E-state index in [0.717, 1.165) is 6.42 Å². The molecule has 0 bridgehead atoms. The van der Waals surface area contributed by atoms with E-state index >= 15 is 0 Å². The number of hydrogen-bond donors (Lipinski definition) is 2. The van der Waals surface area contributed by atoms with Gasteiger partial charge in [0.1, 0.15) is 0 Å². The molecule has 0 aliphatic rings. The molecule has 0 aromatic carbocycles. The quantitative estimate of drug-likeness (QED) is 0.643. The Labute approximate surface area is 127 Å². The van der Waals surface area contributed by atoms with Crippen molar-refractivity contribution in [1.82, 2.24) is 10.6 Å². The summed E-state index contributed by atoms with van der Waals surface area (Å²) in [7, 11) is 3.22. The summed E-state index contributed by atoms with van der Waals surface area (Å²) < 4.78 is 0. The maximum absolute atomic E-state index is 11.5. The molecule has 0 radical (unpaired) electrons. The van der Waals surface area contributed by atoms with Crippen LogP contribution < -0.4 is 10.6 Å². The van der Waals surface area contributed by atoms with E-state index in [1.165, 1.54) is 0 Å². The topological polar surface area (TPSA) is 58.2 Å². The molecule has 116 valence electrons. The van der Waals surface area contributed by atoms with E-state index in [-0.39, 0.29) is 26.8 Å². The van der Waals surface area contributed by atoms with Gasteiger partial charge in [-0.05, 0) is 34.1 Å². The Bertz CT molecular complexity index is 293. The van der Waals surface area contributed by atoms with Gasteiger partial charge in [-0.3, -0.25) is 9.59 Å². The first-order valence-corrected chi connectivity index (χ1v) is 9.06. The molecule has 6 heteroatoms. The Hall–Kier alpha value is -0.360. The fourth-order valence-electron chi connectivity index (χ4n) is 1.34. The molecule has 0 saturated carbocycles. The van der Waals surface area contributed by atoms with Gasteiger partial charge in [-0.15, -0.1) is 0 Å². The average Bonchev–Trinajstić information content (AvgIpc) is 2.24. The maximum atomic E-state index is 11.5. The SMILES string of the molecule is CC(C)NC(=O)CCC(C)SSCC(=O)NC(C)C.[HH].[HH]. The molecule has 2 N–H and O–H groups in total. The van der Waals surface area contributed by atoms with Crippen molar-refractivity contribution >= 4 is 33.4 Å². The van der Waals surface area contributed by atoms with Gasteiger partial charge in [0.15, 0.2) is 0 Å². The van der Waals surface area contributed by atoms with Gasteiger partial charge in [0.2, 0.25) is 11.8 Å². The minimum Gasteiger partial charge on any atom is -0.354 e. The van der Waals surface area contributed by atoms with Crippen molar-refractivity contribution in [3.63, 3.8) is 0 Å². The Morgan fingerprint density at radius 2 is 1.53 bits per heavy atom. The van der Waals surface area contributed by atoms with Gasteiger partial charge in [-0.2, -0.15) is 0 Å². The van der Waals surface area contributed by atoms with E-state index in [1.54, 1.807) is 21.6 Å². The van der Waals surface area contributed by atoms with Crippen molar-refractivity contribution in [2.75, 3.05) is 5.75 Å². The second kappa shape index (κ2) is 10.4. The smallest absolute Gasteiger partial charge is 0.231 e. The number of nitrogens with one attached hydrogen (secondary N) is 2. The number of carbonyl (C=O) groups excluding carboxylic acids is 2. The summed E-state index contributed by atoms with van der Waals surface area (Å²) in [4.78, 5) is 22.9. The number of amides is 2. The molecule has 19 heavy (non-hydrogen) atoms. The van der Waals surface area contributed by atoms with Gasteiger partial charge in [-0.25, -0.2) is 0 Å². The molecule has 0 spiro atoms. The monoisotopic (exact) mass is 310 g/mol. The zero-order valence-corrected chi connectivity index (χ0v) is 14.1. The predicted octanol–water partition coefficient (Wildman–Crippen LogP) is 3.08. The van der Waals surface area contributed by atoms with Crippen LogP contribution in [0.2, 0.25) is 0 Å². The normalized spacial score (nSPS) is 12.6. The summed E-state index contributed by atoms with van der Waals surface area (Å²) in [6.07, 6.45) is 1.38. The Balaban J connectivity index is -0.00000162. The molecule has 1 atom stereocenters. The Morgan fingerprint density at radius 1 is 1.00 bits per heavy atom. The Kier molecular flexibility index (Phi) is 10.2. The fraction of sp³-hybridized carbons (Fsp3) is 0.846. The van der Waals surface area contributed by atoms with Crippen LogP contribution in [0.15, 0.2) is 0 Å². The van der Waals surface area contributed by atoms with Crippen LogP contribution in [0, 0.1) is 0 Å². The van der Waals surface area contributed by atoms with Crippen molar-refractivity contribution in [2.24, 2.45) is 0 Å². The summed E-state index contributed by atoms with van der Waals surface area (Å²) >= 11 is 0. The third-order valence-corrected chi connectivity index (χ3v) is 4.93. The molecule has 0 fully saturated rings. The van der Waals surface area contributed by atoms with E-state index in [1.807, 2.05) is 27.7 Å². The molecule has 0 saturated heterocycles. The number of hydrogen-bond acceptors (Lipinski definition) is 4. The van der Waals surface area contributed by atoms with Crippen molar-refractivity contribution < 1.29 is 12.4 Å². The lowest BCUT2D eigenvalue weighted by Crippen LogP contribution is -2.31. The van der Waals surface area contributed by atoms with Crippen LogP contribution in [0.4, 0.5) is 0 Å². The molecular weight excluding hydrogens is 280 g/mol. The first kappa shape index (κ1) is 18.6. The zero-order valence-electron chi connectivity index (χ0n) is 12.5. The summed E-state index contributed by atoms with van der Waals surface area (Å²) in [6.45, 7) is 9.90. The number of rotatable bonds is 9. The van der Waals surface area contributed by atoms with Crippen LogP contribution >= 0.6 is 21.6 Å². The molecule has 4 nitrogen and oxygen atoms in total. The van der Waals surface area contributed by atoms with Crippen LogP contribution in [0.25, 0.3) is 0 Å². The van der Waals surface area contributed by atoms with Gasteiger partial charge >= 0.3 is 0 Å². The fourth-order valence-corrected chi connectivity index (χ4v) is 3.56. The first-order chi connectivity index (χ1) is 8.81. The minimum atomic E-state index is 0. The Morgan fingerprint density at radius 3 is 2.05 bits per heavy atom. The molecule has 2 amide bonds. The molecule has 0 heterocycles. The zero-order chi connectivity index (χ0) is 14.8. The molecular formula is C13H30N2O2S2. The summed E-state index contributed by atoms with van der Waals surface area (Å²) in [6, 6.07) is 0.389. The molecule has 1 unspecified atom stereocenters. The highest BCUT2D eigenvalue weighted by atomic mass is 33.1.